The quantitative estimate of drug-likeness (QED) is 0.362. The van der Waals surface area contributed by atoms with Crippen LogP contribution in [0.4, 0.5) is 0 Å². The van der Waals surface area contributed by atoms with Gasteiger partial charge in [-0.25, -0.2) is 0 Å². The van der Waals surface area contributed by atoms with Gasteiger partial charge in [0.25, 0.3) is 0 Å². The molecule has 5 heteroatoms. The summed E-state index contributed by atoms with van der Waals surface area (Å²) in [4.78, 5) is 14.5. The van der Waals surface area contributed by atoms with Crippen LogP contribution in [0.3, 0.4) is 0 Å². The molecule has 0 aliphatic carbocycles. The van der Waals surface area contributed by atoms with Crippen molar-refractivity contribution in [2.24, 2.45) is 0 Å². The van der Waals surface area contributed by atoms with Gasteiger partial charge in [-0.2, -0.15) is 0 Å². The zero-order valence-electron chi connectivity index (χ0n) is 15.4. The molecule has 4 aromatic rings. The SMILES string of the molecule is C/C=C/c1ccc(Oc2c(C(=O)c3sccc3C)sc3cc(O)ccc23)cc1. The average molecular weight is 407 g/mol. The maximum atomic E-state index is 13.2. The summed E-state index contributed by atoms with van der Waals surface area (Å²) in [5.41, 5.74) is 2.04. The minimum Gasteiger partial charge on any atom is -0.508 e. The van der Waals surface area contributed by atoms with E-state index in [1.807, 2.05) is 61.7 Å². The number of benzene rings is 2. The molecule has 4 rings (SSSR count). The number of hydrogen-bond donors (Lipinski definition) is 1. The molecule has 0 unspecified atom stereocenters. The fourth-order valence-corrected chi connectivity index (χ4v) is 5.02. The third-order valence-electron chi connectivity index (χ3n) is 4.36. The van der Waals surface area contributed by atoms with Crippen molar-refractivity contribution in [1.82, 2.24) is 0 Å². The predicted molar refractivity (Wildman–Crippen MR) is 117 cm³/mol. The number of allylic oxidation sites excluding steroid dienone is 1. The molecule has 28 heavy (non-hydrogen) atoms. The number of aromatic hydroxyl groups is 1. The molecule has 0 aliphatic rings. The lowest BCUT2D eigenvalue weighted by atomic mass is 10.1. The summed E-state index contributed by atoms with van der Waals surface area (Å²) in [6.07, 6.45) is 4.00. The molecular weight excluding hydrogens is 388 g/mol. The van der Waals surface area contributed by atoms with Gasteiger partial charge in [0, 0.05) is 10.1 Å². The van der Waals surface area contributed by atoms with Gasteiger partial charge in [0.1, 0.15) is 16.4 Å². The van der Waals surface area contributed by atoms with Crippen LogP contribution in [0.1, 0.15) is 32.6 Å². The van der Waals surface area contributed by atoms with Crippen molar-refractivity contribution < 1.29 is 14.6 Å². The molecule has 1 N–H and O–H groups in total. The number of phenolic OH excluding ortho intramolecular Hbond substituents is 1. The number of thiophene rings is 2. The van der Waals surface area contributed by atoms with Gasteiger partial charge < -0.3 is 9.84 Å². The van der Waals surface area contributed by atoms with E-state index in [2.05, 4.69) is 0 Å². The normalized spacial score (nSPS) is 11.4. The molecule has 0 aliphatic heterocycles. The first-order chi connectivity index (χ1) is 13.6. The highest BCUT2D eigenvalue weighted by Crippen LogP contribution is 2.43. The molecule has 0 bridgehead atoms. The van der Waals surface area contributed by atoms with Gasteiger partial charge in [0.05, 0.1) is 4.88 Å². The smallest absolute Gasteiger partial charge is 0.216 e. The van der Waals surface area contributed by atoms with E-state index in [4.69, 9.17) is 4.74 Å². The van der Waals surface area contributed by atoms with Gasteiger partial charge in [-0.3, -0.25) is 4.79 Å². The Kier molecular flexibility index (Phi) is 5.03. The van der Waals surface area contributed by atoms with Gasteiger partial charge >= 0.3 is 0 Å². The van der Waals surface area contributed by atoms with Crippen molar-refractivity contribution in [2.75, 3.05) is 0 Å². The highest BCUT2D eigenvalue weighted by atomic mass is 32.1. The van der Waals surface area contributed by atoms with Crippen molar-refractivity contribution in [2.45, 2.75) is 13.8 Å². The van der Waals surface area contributed by atoms with Crippen molar-refractivity contribution in [1.29, 1.82) is 0 Å². The number of ketones is 1. The fourth-order valence-electron chi connectivity index (χ4n) is 2.98. The monoisotopic (exact) mass is 406 g/mol. The highest BCUT2D eigenvalue weighted by Gasteiger charge is 2.24. The molecule has 2 heterocycles. The molecule has 0 saturated carbocycles. The second-order valence-corrected chi connectivity index (χ2v) is 8.34. The number of carbonyl (C=O) groups excluding carboxylic acids is 1. The zero-order valence-corrected chi connectivity index (χ0v) is 17.1. The van der Waals surface area contributed by atoms with Crippen LogP contribution in [-0.4, -0.2) is 10.9 Å². The first-order valence-electron chi connectivity index (χ1n) is 8.81. The minimum absolute atomic E-state index is 0.0475. The number of rotatable bonds is 5. The summed E-state index contributed by atoms with van der Waals surface area (Å²) in [7, 11) is 0. The van der Waals surface area contributed by atoms with E-state index in [0.717, 1.165) is 21.2 Å². The number of phenols is 1. The van der Waals surface area contributed by atoms with Crippen molar-refractivity contribution in [3.8, 4) is 17.2 Å². The summed E-state index contributed by atoms with van der Waals surface area (Å²) in [5, 5.41) is 12.6. The molecule has 2 aromatic heterocycles. The first-order valence-corrected chi connectivity index (χ1v) is 10.5. The second kappa shape index (κ2) is 7.62. The maximum absolute atomic E-state index is 13.2. The summed E-state index contributed by atoms with van der Waals surface area (Å²) in [5.74, 6) is 1.32. The predicted octanol–water partition coefficient (Wildman–Crippen LogP) is 7.03. The molecule has 0 amide bonds. The van der Waals surface area contributed by atoms with Crippen LogP contribution in [0, 0.1) is 6.92 Å². The Bertz CT molecular complexity index is 1180. The topological polar surface area (TPSA) is 46.5 Å². The van der Waals surface area contributed by atoms with Crippen molar-refractivity contribution >= 4 is 44.6 Å². The van der Waals surface area contributed by atoms with E-state index in [9.17, 15) is 9.90 Å². The molecule has 0 atom stereocenters. The molecular formula is C23H18O3S2. The number of hydrogen-bond acceptors (Lipinski definition) is 5. The van der Waals surface area contributed by atoms with E-state index in [1.54, 1.807) is 18.2 Å². The third kappa shape index (κ3) is 3.46. The number of carbonyl (C=O) groups is 1. The zero-order chi connectivity index (χ0) is 19.7. The van der Waals surface area contributed by atoms with E-state index in [1.165, 1.54) is 22.7 Å². The largest absolute Gasteiger partial charge is 0.508 e. The Labute approximate surface area is 171 Å². The number of ether oxygens (including phenoxy) is 1. The summed E-state index contributed by atoms with van der Waals surface area (Å²) in [6.45, 7) is 3.91. The van der Waals surface area contributed by atoms with Crippen LogP contribution in [0.25, 0.3) is 16.2 Å². The first kappa shape index (κ1) is 18.5. The van der Waals surface area contributed by atoms with E-state index >= 15 is 0 Å². The van der Waals surface area contributed by atoms with Crippen LogP contribution in [0.15, 0.2) is 60.0 Å². The van der Waals surface area contributed by atoms with Crippen LogP contribution < -0.4 is 4.74 Å². The maximum Gasteiger partial charge on any atom is 0.216 e. The summed E-state index contributed by atoms with van der Waals surface area (Å²) >= 11 is 2.78. The Morgan fingerprint density at radius 3 is 2.54 bits per heavy atom. The number of aryl methyl sites for hydroxylation is 1. The van der Waals surface area contributed by atoms with Crippen LogP contribution in [-0.2, 0) is 0 Å². The Morgan fingerprint density at radius 1 is 1.07 bits per heavy atom. The Hall–Kier alpha value is -2.89. The van der Waals surface area contributed by atoms with E-state index in [-0.39, 0.29) is 11.5 Å². The summed E-state index contributed by atoms with van der Waals surface area (Å²) < 4.78 is 7.00. The van der Waals surface area contributed by atoms with E-state index in [0.29, 0.717) is 21.3 Å². The van der Waals surface area contributed by atoms with Gasteiger partial charge in [0.2, 0.25) is 5.78 Å². The minimum atomic E-state index is -0.0475. The van der Waals surface area contributed by atoms with Crippen molar-refractivity contribution in [3.05, 3.63) is 80.9 Å². The Balaban J connectivity index is 1.81. The van der Waals surface area contributed by atoms with Crippen LogP contribution in [0.5, 0.6) is 17.2 Å². The standard InChI is InChI=1S/C23H18O3S2/c1-3-4-15-5-8-17(9-6-15)26-21-18-10-7-16(24)13-19(18)28-23(21)20(25)22-14(2)11-12-27-22/h3-13,24H,1-2H3/b4-3+. The molecule has 0 fully saturated rings. The molecule has 140 valence electrons. The van der Waals surface area contributed by atoms with Gasteiger partial charge in [-0.1, -0.05) is 24.3 Å². The lowest BCUT2D eigenvalue weighted by Crippen LogP contribution is -2.00. The molecule has 0 saturated heterocycles. The van der Waals surface area contributed by atoms with Gasteiger partial charge in [-0.05, 0) is 66.8 Å². The Morgan fingerprint density at radius 2 is 1.86 bits per heavy atom. The molecule has 0 spiro atoms. The fraction of sp³-hybridized carbons (Fsp3) is 0.0870. The van der Waals surface area contributed by atoms with Crippen LogP contribution in [0.2, 0.25) is 0 Å². The van der Waals surface area contributed by atoms with Crippen LogP contribution >= 0.6 is 22.7 Å². The van der Waals surface area contributed by atoms with Gasteiger partial charge in [0.15, 0.2) is 5.75 Å². The summed E-state index contributed by atoms with van der Waals surface area (Å²) in [6, 6.07) is 14.7. The molecule has 0 radical (unpaired) electrons. The number of fused-ring (bicyclic) bond motifs is 1. The lowest BCUT2D eigenvalue weighted by molar-refractivity contribution is 0.104. The highest BCUT2D eigenvalue weighted by molar-refractivity contribution is 7.22. The molecule has 3 nitrogen and oxygen atoms in total. The lowest BCUT2D eigenvalue weighted by Gasteiger charge is -2.08. The van der Waals surface area contributed by atoms with E-state index < -0.39 is 0 Å². The van der Waals surface area contributed by atoms with Gasteiger partial charge in [-0.15, -0.1) is 22.7 Å². The average Bonchev–Trinajstić information content (AvgIpc) is 3.26. The second-order valence-electron chi connectivity index (χ2n) is 6.37. The molecule has 2 aromatic carbocycles. The van der Waals surface area contributed by atoms with Crippen molar-refractivity contribution in [3.63, 3.8) is 0 Å². The third-order valence-corrected chi connectivity index (χ3v) is 6.51.